The number of nitrogens with two attached hydrogens (primary N) is 1. The van der Waals surface area contributed by atoms with Gasteiger partial charge in [0.05, 0.1) is 12.1 Å². The van der Waals surface area contributed by atoms with Gasteiger partial charge in [0, 0.05) is 15.7 Å². The lowest BCUT2D eigenvalue weighted by Crippen LogP contribution is -2.48. The van der Waals surface area contributed by atoms with Gasteiger partial charge < -0.3 is 10.8 Å². The molecule has 1 fully saturated rings. The van der Waals surface area contributed by atoms with E-state index in [4.69, 9.17) is 17.3 Å². The van der Waals surface area contributed by atoms with Crippen LogP contribution in [0.15, 0.2) is 29.2 Å². The number of halogens is 1. The highest BCUT2D eigenvalue weighted by Gasteiger charge is 2.41. The van der Waals surface area contributed by atoms with E-state index in [1.54, 1.807) is 11.8 Å². The summed E-state index contributed by atoms with van der Waals surface area (Å²) in [6, 6.07) is 7.73. The molecule has 1 aliphatic rings. The van der Waals surface area contributed by atoms with Gasteiger partial charge in [0.1, 0.15) is 0 Å². The lowest BCUT2D eigenvalue weighted by atomic mass is 9.99. The second kappa shape index (κ2) is 4.96. The molecule has 0 aliphatic heterocycles. The molecular weight excluding hydrogens is 242 g/mol. The third-order valence-corrected chi connectivity index (χ3v) is 4.49. The number of benzene rings is 1. The second-order valence-corrected chi connectivity index (χ2v) is 5.90. The molecule has 0 bridgehead atoms. The lowest BCUT2D eigenvalue weighted by molar-refractivity contribution is 0.194. The molecule has 0 radical (unpaired) electrons. The zero-order chi connectivity index (χ0) is 11.6. The molecule has 1 aromatic carbocycles. The van der Waals surface area contributed by atoms with Gasteiger partial charge in [-0.25, -0.2) is 0 Å². The molecule has 0 spiro atoms. The molecule has 1 aliphatic carbocycles. The Morgan fingerprint density at radius 3 is 2.81 bits per heavy atom. The third kappa shape index (κ3) is 2.92. The Balaban J connectivity index is 1.95. The van der Waals surface area contributed by atoms with Crippen LogP contribution in [0, 0.1) is 5.92 Å². The van der Waals surface area contributed by atoms with E-state index < -0.39 is 5.54 Å². The van der Waals surface area contributed by atoms with Crippen molar-refractivity contribution in [3.05, 3.63) is 29.3 Å². The first-order chi connectivity index (χ1) is 7.64. The smallest absolute Gasteiger partial charge is 0.0622 e. The molecule has 16 heavy (non-hydrogen) atoms. The van der Waals surface area contributed by atoms with Crippen molar-refractivity contribution in [2.45, 2.75) is 23.3 Å². The number of aliphatic hydroxyl groups excluding tert-OH is 1. The minimum absolute atomic E-state index is 0.0607. The first-order valence-electron chi connectivity index (χ1n) is 5.42. The Morgan fingerprint density at radius 2 is 2.25 bits per heavy atom. The van der Waals surface area contributed by atoms with Crippen molar-refractivity contribution in [2.24, 2.45) is 11.7 Å². The number of thioether (sulfide) groups is 1. The van der Waals surface area contributed by atoms with Crippen LogP contribution in [0.5, 0.6) is 0 Å². The van der Waals surface area contributed by atoms with Gasteiger partial charge in [0.2, 0.25) is 0 Å². The van der Waals surface area contributed by atoms with E-state index in [1.165, 1.54) is 0 Å². The Labute approximate surface area is 105 Å². The van der Waals surface area contributed by atoms with Crippen molar-refractivity contribution >= 4 is 23.4 Å². The first kappa shape index (κ1) is 12.2. The fourth-order valence-corrected chi connectivity index (χ4v) is 3.13. The molecule has 2 nitrogen and oxygen atoms in total. The highest BCUT2D eigenvalue weighted by atomic mass is 35.5. The van der Waals surface area contributed by atoms with Crippen LogP contribution in [-0.2, 0) is 0 Å². The summed E-state index contributed by atoms with van der Waals surface area (Å²) in [6.07, 6.45) is 2.29. The largest absolute Gasteiger partial charge is 0.394 e. The summed E-state index contributed by atoms with van der Waals surface area (Å²) >= 11 is 7.57. The molecule has 0 amide bonds. The summed E-state index contributed by atoms with van der Waals surface area (Å²) in [5.74, 6) is 1.23. The Kier molecular flexibility index (Phi) is 3.80. The topological polar surface area (TPSA) is 46.2 Å². The summed E-state index contributed by atoms with van der Waals surface area (Å²) in [4.78, 5) is 1.11. The SMILES string of the molecule is NC(CO)(CSc1cccc(Cl)c1)C1CC1. The van der Waals surface area contributed by atoms with Crippen LogP contribution in [0.2, 0.25) is 5.02 Å². The molecule has 0 aromatic heterocycles. The number of aliphatic hydroxyl groups is 1. The van der Waals surface area contributed by atoms with Crippen LogP contribution < -0.4 is 5.73 Å². The standard InChI is InChI=1S/C12H16ClNOS/c13-10-2-1-3-11(6-10)16-8-12(14,7-15)9-4-5-9/h1-3,6,9,15H,4-5,7-8,14H2. The van der Waals surface area contributed by atoms with Gasteiger partial charge in [-0.05, 0) is 37.0 Å². The van der Waals surface area contributed by atoms with E-state index in [9.17, 15) is 5.11 Å². The fourth-order valence-electron chi connectivity index (χ4n) is 1.73. The van der Waals surface area contributed by atoms with Gasteiger partial charge in [0.15, 0.2) is 0 Å². The van der Waals surface area contributed by atoms with Crippen molar-refractivity contribution < 1.29 is 5.11 Å². The zero-order valence-corrected chi connectivity index (χ0v) is 10.6. The fraction of sp³-hybridized carbons (Fsp3) is 0.500. The summed E-state index contributed by atoms with van der Waals surface area (Å²) in [6.45, 7) is 0.0607. The van der Waals surface area contributed by atoms with E-state index >= 15 is 0 Å². The first-order valence-corrected chi connectivity index (χ1v) is 6.78. The predicted octanol–water partition coefficient (Wildman–Crippen LogP) is 2.53. The molecule has 1 aromatic rings. The van der Waals surface area contributed by atoms with E-state index in [2.05, 4.69) is 0 Å². The van der Waals surface area contributed by atoms with Crippen molar-refractivity contribution in [1.29, 1.82) is 0 Å². The van der Waals surface area contributed by atoms with Crippen molar-refractivity contribution in [3.63, 3.8) is 0 Å². The van der Waals surface area contributed by atoms with Crippen molar-refractivity contribution in [2.75, 3.05) is 12.4 Å². The highest BCUT2D eigenvalue weighted by molar-refractivity contribution is 7.99. The van der Waals surface area contributed by atoms with Crippen LogP contribution in [0.4, 0.5) is 0 Å². The minimum atomic E-state index is -0.424. The van der Waals surface area contributed by atoms with Crippen molar-refractivity contribution in [1.82, 2.24) is 0 Å². The molecule has 2 rings (SSSR count). The normalized spacial score (nSPS) is 19.4. The summed E-state index contributed by atoms with van der Waals surface area (Å²) in [5.41, 5.74) is 5.76. The predicted molar refractivity (Wildman–Crippen MR) is 68.9 cm³/mol. The Hall–Kier alpha value is -0.220. The summed E-state index contributed by atoms with van der Waals surface area (Å²) < 4.78 is 0. The minimum Gasteiger partial charge on any atom is -0.394 e. The van der Waals surface area contributed by atoms with Crippen LogP contribution in [-0.4, -0.2) is 23.0 Å². The van der Waals surface area contributed by atoms with Gasteiger partial charge in [-0.15, -0.1) is 11.8 Å². The monoisotopic (exact) mass is 257 g/mol. The number of hydrogen-bond acceptors (Lipinski definition) is 3. The Bertz CT molecular complexity index is 370. The molecule has 1 saturated carbocycles. The van der Waals surface area contributed by atoms with E-state index in [0.717, 1.165) is 28.5 Å². The second-order valence-electron chi connectivity index (χ2n) is 4.41. The number of hydrogen-bond donors (Lipinski definition) is 2. The molecule has 1 unspecified atom stereocenters. The van der Waals surface area contributed by atoms with E-state index in [0.29, 0.717) is 5.92 Å². The highest BCUT2D eigenvalue weighted by Crippen LogP contribution is 2.40. The zero-order valence-electron chi connectivity index (χ0n) is 9.03. The molecule has 88 valence electrons. The quantitative estimate of drug-likeness (QED) is 0.797. The van der Waals surface area contributed by atoms with E-state index in [-0.39, 0.29) is 6.61 Å². The van der Waals surface area contributed by atoms with Crippen LogP contribution >= 0.6 is 23.4 Å². The molecule has 1 atom stereocenters. The van der Waals surface area contributed by atoms with Crippen LogP contribution in [0.3, 0.4) is 0 Å². The number of rotatable bonds is 5. The molecule has 0 heterocycles. The summed E-state index contributed by atoms with van der Waals surface area (Å²) in [5, 5.41) is 10.1. The molecule has 3 N–H and O–H groups in total. The van der Waals surface area contributed by atoms with E-state index in [1.807, 2.05) is 24.3 Å². The molecule has 4 heteroatoms. The van der Waals surface area contributed by atoms with Crippen LogP contribution in [0.1, 0.15) is 12.8 Å². The maximum atomic E-state index is 9.36. The van der Waals surface area contributed by atoms with Gasteiger partial charge in [-0.1, -0.05) is 17.7 Å². The lowest BCUT2D eigenvalue weighted by Gasteiger charge is -2.26. The Morgan fingerprint density at radius 1 is 1.50 bits per heavy atom. The van der Waals surface area contributed by atoms with Crippen molar-refractivity contribution in [3.8, 4) is 0 Å². The maximum absolute atomic E-state index is 9.36. The van der Waals surface area contributed by atoms with Gasteiger partial charge >= 0.3 is 0 Å². The molecule has 0 saturated heterocycles. The summed E-state index contributed by atoms with van der Waals surface area (Å²) in [7, 11) is 0. The van der Waals surface area contributed by atoms with Crippen LogP contribution in [0.25, 0.3) is 0 Å². The van der Waals surface area contributed by atoms with Gasteiger partial charge in [-0.3, -0.25) is 0 Å². The average molecular weight is 258 g/mol. The average Bonchev–Trinajstić information content (AvgIpc) is 3.10. The van der Waals surface area contributed by atoms with Gasteiger partial charge in [0.25, 0.3) is 0 Å². The van der Waals surface area contributed by atoms with Gasteiger partial charge in [-0.2, -0.15) is 0 Å². The third-order valence-electron chi connectivity index (χ3n) is 2.99. The maximum Gasteiger partial charge on any atom is 0.0622 e. The molecular formula is C12H16ClNOS.